The molecule has 1 atom stereocenters. The molecule has 1 saturated heterocycles. The van der Waals surface area contributed by atoms with Crippen molar-refractivity contribution in [3.05, 3.63) is 65.5 Å². The molecule has 0 N–H and O–H groups in total. The lowest BCUT2D eigenvalue weighted by molar-refractivity contribution is 0.121. The van der Waals surface area contributed by atoms with Crippen LogP contribution in [0.5, 0.6) is 11.5 Å². The zero-order valence-electron chi connectivity index (χ0n) is 18.4. The largest absolute Gasteiger partial charge is 0.493 e. The highest BCUT2D eigenvalue weighted by Gasteiger charge is 2.30. The molecule has 4 rings (SSSR count). The Balaban J connectivity index is 1.66. The SMILES string of the molecule is COc1ccc([C@H](c2nnnn2CCc2ccccc2)N2CCN(C)CC2)cc1OC. The minimum absolute atomic E-state index is 0.0562. The molecule has 1 aliphatic heterocycles. The molecule has 1 aliphatic rings. The number of aryl methyl sites for hydroxylation is 2. The number of hydrogen-bond acceptors (Lipinski definition) is 7. The molecular formula is C23H30N6O2. The second-order valence-corrected chi connectivity index (χ2v) is 7.85. The molecular weight excluding hydrogens is 392 g/mol. The van der Waals surface area contributed by atoms with Crippen LogP contribution in [0.4, 0.5) is 0 Å². The van der Waals surface area contributed by atoms with Gasteiger partial charge < -0.3 is 14.4 Å². The van der Waals surface area contributed by atoms with Gasteiger partial charge >= 0.3 is 0 Å². The first-order chi connectivity index (χ1) is 15.2. The number of methoxy groups -OCH3 is 2. The molecule has 0 unspecified atom stereocenters. The van der Waals surface area contributed by atoms with Crippen LogP contribution >= 0.6 is 0 Å². The third-order valence-corrected chi connectivity index (χ3v) is 5.89. The van der Waals surface area contributed by atoms with Gasteiger partial charge in [0, 0.05) is 32.7 Å². The van der Waals surface area contributed by atoms with Crippen LogP contribution in [0.1, 0.15) is 23.0 Å². The molecule has 0 amide bonds. The highest BCUT2D eigenvalue weighted by molar-refractivity contribution is 5.45. The Morgan fingerprint density at radius 1 is 0.935 bits per heavy atom. The summed E-state index contributed by atoms with van der Waals surface area (Å²) >= 11 is 0. The fourth-order valence-electron chi connectivity index (χ4n) is 4.07. The maximum Gasteiger partial charge on any atom is 0.173 e. The number of rotatable bonds is 8. The van der Waals surface area contributed by atoms with Crippen LogP contribution < -0.4 is 9.47 Å². The second kappa shape index (κ2) is 9.89. The number of tetrazole rings is 1. The molecule has 0 radical (unpaired) electrons. The van der Waals surface area contributed by atoms with Gasteiger partial charge in [0.1, 0.15) is 0 Å². The molecule has 31 heavy (non-hydrogen) atoms. The van der Waals surface area contributed by atoms with E-state index < -0.39 is 0 Å². The van der Waals surface area contributed by atoms with Crippen LogP contribution in [0.3, 0.4) is 0 Å². The van der Waals surface area contributed by atoms with Crippen LogP contribution in [-0.4, -0.2) is 77.5 Å². The molecule has 0 saturated carbocycles. The summed E-state index contributed by atoms with van der Waals surface area (Å²) in [6.45, 7) is 4.64. The fourth-order valence-corrected chi connectivity index (χ4v) is 4.07. The minimum atomic E-state index is -0.0562. The van der Waals surface area contributed by atoms with Gasteiger partial charge in [-0.1, -0.05) is 36.4 Å². The third kappa shape index (κ3) is 4.86. The summed E-state index contributed by atoms with van der Waals surface area (Å²) in [6.07, 6.45) is 0.875. The molecule has 164 valence electrons. The van der Waals surface area contributed by atoms with Crippen molar-refractivity contribution < 1.29 is 9.47 Å². The Morgan fingerprint density at radius 3 is 2.39 bits per heavy atom. The monoisotopic (exact) mass is 422 g/mol. The van der Waals surface area contributed by atoms with Crippen molar-refractivity contribution in [1.82, 2.24) is 30.0 Å². The zero-order chi connectivity index (χ0) is 21.6. The zero-order valence-corrected chi connectivity index (χ0v) is 18.4. The smallest absolute Gasteiger partial charge is 0.173 e. The first kappa shape index (κ1) is 21.3. The van der Waals surface area contributed by atoms with E-state index in [1.165, 1.54) is 5.56 Å². The second-order valence-electron chi connectivity index (χ2n) is 7.85. The first-order valence-electron chi connectivity index (χ1n) is 10.6. The topological polar surface area (TPSA) is 68.5 Å². The van der Waals surface area contributed by atoms with E-state index in [9.17, 15) is 0 Å². The van der Waals surface area contributed by atoms with Crippen molar-refractivity contribution in [2.45, 2.75) is 19.0 Å². The summed E-state index contributed by atoms with van der Waals surface area (Å²) < 4.78 is 13.0. The highest BCUT2D eigenvalue weighted by Crippen LogP contribution is 2.34. The van der Waals surface area contributed by atoms with Crippen LogP contribution in [0, 0.1) is 0 Å². The average molecular weight is 423 g/mol. The maximum absolute atomic E-state index is 5.57. The Morgan fingerprint density at radius 2 is 1.68 bits per heavy atom. The van der Waals surface area contributed by atoms with E-state index in [-0.39, 0.29) is 6.04 Å². The fraction of sp³-hybridized carbons (Fsp3) is 0.435. The normalized spacial score (nSPS) is 16.2. The molecule has 2 heterocycles. The van der Waals surface area contributed by atoms with E-state index >= 15 is 0 Å². The van der Waals surface area contributed by atoms with Crippen molar-refractivity contribution in [3.8, 4) is 11.5 Å². The molecule has 8 nitrogen and oxygen atoms in total. The number of hydrogen-bond donors (Lipinski definition) is 0. The van der Waals surface area contributed by atoms with E-state index in [1.54, 1.807) is 14.2 Å². The van der Waals surface area contributed by atoms with Gasteiger partial charge in [0.05, 0.1) is 20.3 Å². The van der Waals surface area contributed by atoms with Crippen molar-refractivity contribution in [1.29, 1.82) is 0 Å². The Kier molecular flexibility index (Phi) is 6.79. The average Bonchev–Trinajstić information content (AvgIpc) is 3.27. The van der Waals surface area contributed by atoms with E-state index in [1.807, 2.05) is 22.9 Å². The molecule has 0 spiro atoms. The van der Waals surface area contributed by atoms with Crippen LogP contribution in [0.25, 0.3) is 0 Å². The summed E-state index contributed by atoms with van der Waals surface area (Å²) in [5.41, 5.74) is 2.36. The number of aromatic nitrogens is 4. The predicted octanol–water partition coefficient (Wildman–Crippen LogP) is 2.27. The van der Waals surface area contributed by atoms with Gasteiger partial charge in [-0.05, 0) is 47.2 Å². The molecule has 3 aromatic rings. The van der Waals surface area contributed by atoms with Gasteiger partial charge in [0.2, 0.25) is 0 Å². The van der Waals surface area contributed by atoms with Crippen molar-refractivity contribution in [3.63, 3.8) is 0 Å². The van der Waals surface area contributed by atoms with Gasteiger partial charge in [-0.3, -0.25) is 4.90 Å². The van der Waals surface area contributed by atoms with E-state index in [0.29, 0.717) is 11.5 Å². The lowest BCUT2D eigenvalue weighted by Gasteiger charge is -2.37. The summed E-state index contributed by atoms with van der Waals surface area (Å²) in [4.78, 5) is 4.80. The van der Waals surface area contributed by atoms with E-state index in [0.717, 1.165) is 50.5 Å². The molecule has 2 aromatic carbocycles. The van der Waals surface area contributed by atoms with Gasteiger partial charge in [0.15, 0.2) is 17.3 Å². The first-order valence-corrected chi connectivity index (χ1v) is 10.6. The Bertz CT molecular complexity index is 969. The lowest BCUT2D eigenvalue weighted by atomic mass is 10.0. The molecule has 0 bridgehead atoms. The van der Waals surface area contributed by atoms with Gasteiger partial charge in [0.25, 0.3) is 0 Å². The quantitative estimate of drug-likeness (QED) is 0.552. The standard InChI is InChI=1S/C23H30N6O2/c1-27-13-15-28(16-14-27)22(19-9-10-20(30-2)21(17-19)31-3)23-24-25-26-29(23)12-11-18-7-5-4-6-8-18/h4-10,17,22H,11-16H2,1-3H3/t22-/m1/s1. The van der Waals surface area contributed by atoms with E-state index in [2.05, 4.69) is 62.7 Å². The van der Waals surface area contributed by atoms with Crippen molar-refractivity contribution >= 4 is 0 Å². The van der Waals surface area contributed by atoms with Crippen LogP contribution in [0.2, 0.25) is 0 Å². The predicted molar refractivity (Wildman–Crippen MR) is 118 cm³/mol. The molecule has 8 heteroatoms. The summed E-state index contributed by atoms with van der Waals surface area (Å²) in [6, 6.07) is 16.4. The van der Waals surface area contributed by atoms with Gasteiger partial charge in [-0.2, -0.15) is 0 Å². The minimum Gasteiger partial charge on any atom is -0.493 e. The Labute approximate surface area is 183 Å². The van der Waals surface area contributed by atoms with Crippen LogP contribution in [0.15, 0.2) is 48.5 Å². The number of likely N-dealkylation sites (N-methyl/N-ethyl adjacent to an activating group) is 1. The van der Waals surface area contributed by atoms with Crippen molar-refractivity contribution in [2.24, 2.45) is 0 Å². The summed E-state index contributed by atoms with van der Waals surface area (Å²) in [5.74, 6) is 2.28. The maximum atomic E-state index is 5.57. The van der Waals surface area contributed by atoms with Gasteiger partial charge in [-0.15, -0.1) is 5.10 Å². The lowest BCUT2D eigenvalue weighted by Crippen LogP contribution is -2.46. The van der Waals surface area contributed by atoms with E-state index in [4.69, 9.17) is 9.47 Å². The van der Waals surface area contributed by atoms with Gasteiger partial charge in [-0.25, -0.2) is 4.68 Å². The summed E-state index contributed by atoms with van der Waals surface area (Å²) in [5, 5.41) is 12.8. The molecule has 1 fully saturated rings. The Hall–Kier alpha value is -2.97. The third-order valence-electron chi connectivity index (χ3n) is 5.89. The number of benzene rings is 2. The number of ether oxygens (including phenoxy) is 2. The molecule has 0 aliphatic carbocycles. The van der Waals surface area contributed by atoms with Crippen LogP contribution in [-0.2, 0) is 13.0 Å². The summed E-state index contributed by atoms with van der Waals surface area (Å²) in [7, 11) is 5.47. The molecule has 1 aromatic heterocycles. The van der Waals surface area contributed by atoms with Crippen molar-refractivity contribution in [2.75, 3.05) is 47.4 Å². The number of nitrogens with zero attached hydrogens (tertiary/aromatic N) is 6. The number of piperazine rings is 1. The highest BCUT2D eigenvalue weighted by atomic mass is 16.5.